The second-order valence-corrected chi connectivity index (χ2v) is 9.18. The molecule has 3 N–H and O–H groups in total. The number of amides is 1. The van der Waals surface area contributed by atoms with Crippen LogP contribution in [0, 0.1) is 0 Å². The van der Waals surface area contributed by atoms with E-state index in [0.29, 0.717) is 11.3 Å². The Balaban J connectivity index is 1.77. The van der Waals surface area contributed by atoms with E-state index < -0.39 is 15.6 Å². The first-order valence-corrected chi connectivity index (χ1v) is 10.8. The Bertz CT molecular complexity index is 1130. The highest BCUT2D eigenvalue weighted by atomic mass is 32.2. The Morgan fingerprint density at radius 3 is 2.41 bits per heavy atom. The zero-order valence-electron chi connectivity index (χ0n) is 16.6. The standard InChI is InChI=1S/C21H25N3O4S/c1-4-24-12-11-16-13-18(9-10-19(16)24)29(27,28)23-17-7-5-15(6-8-17)20(26)22-21(2,3)14-25/h5-13,23,25H,4,14H2,1-3H3,(H,22,26). The van der Waals surface area contributed by atoms with Crippen LogP contribution in [0.5, 0.6) is 0 Å². The van der Waals surface area contributed by atoms with Gasteiger partial charge in [0.25, 0.3) is 15.9 Å². The van der Waals surface area contributed by atoms with Crippen molar-refractivity contribution in [2.45, 2.75) is 37.8 Å². The SMILES string of the molecule is CCn1ccc2cc(S(=O)(=O)Nc3ccc(C(=O)NC(C)(C)CO)cc3)ccc21. The van der Waals surface area contributed by atoms with Crippen molar-refractivity contribution in [1.29, 1.82) is 0 Å². The number of carbonyl (C=O) groups is 1. The van der Waals surface area contributed by atoms with Crippen molar-refractivity contribution in [2.24, 2.45) is 0 Å². The lowest BCUT2D eigenvalue weighted by Gasteiger charge is -2.23. The van der Waals surface area contributed by atoms with Gasteiger partial charge in [0, 0.05) is 34.9 Å². The maximum Gasteiger partial charge on any atom is 0.261 e. The summed E-state index contributed by atoms with van der Waals surface area (Å²) in [5, 5.41) is 12.8. The minimum Gasteiger partial charge on any atom is -0.394 e. The Morgan fingerprint density at radius 2 is 1.79 bits per heavy atom. The van der Waals surface area contributed by atoms with Crippen LogP contribution in [-0.4, -0.2) is 36.1 Å². The molecule has 0 aliphatic heterocycles. The van der Waals surface area contributed by atoms with Gasteiger partial charge < -0.3 is 15.0 Å². The van der Waals surface area contributed by atoms with Crippen LogP contribution in [0.3, 0.4) is 0 Å². The van der Waals surface area contributed by atoms with Crippen molar-refractivity contribution in [2.75, 3.05) is 11.3 Å². The predicted molar refractivity (Wildman–Crippen MR) is 113 cm³/mol. The molecule has 0 spiro atoms. The van der Waals surface area contributed by atoms with Gasteiger partial charge in [0.15, 0.2) is 0 Å². The van der Waals surface area contributed by atoms with Gasteiger partial charge in [-0.05, 0) is 69.3 Å². The minimum absolute atomic E-state index is 0.172. The molecular formula is C21H25N3O4S. The molecule has 0 bridgehead atoms. The van der Waals surface area contributed by atoms with E-state index in [1.165, 1.54) is 24.3 Å². The van der Waals surface area contributed by atoms with E-state index in [2.05, 4.69) is 10.0 Å². The molecule has 154 valence electrons. The number of aliphatic hydroxyl groups is 1. The van der Waals surface area contributed by atoms with Crippen molar-refractivity contribution >= 4 is 32.5 Å². The molecule has 0 fully saturated rings. The quantitative estimate of drug-likeness (QED) is 0.552. The Morgan fingerprint density at radius 1 is 1.10 bits per heavy atom. The summed E-state index contributed by atoms with van der Waals surface area (Å²) < 4.78 is 30.1. The molecule has 0 aliphatic carbocycles. The zero-order chi connectivity index (χ0) is 21.2. The van der Waals surface area contributed by atoms with Crippen molar-refractivity contribution in [1.82, 2.24) is 9.88 Å². The van der Waals surface area contributed by atoms with Gasteiger partial charge in [0.2, 0.25) is 0 Å². The third-order valence-electron chi connectivity index (χ3n) is 4.64. The van der Waals surface area contributed by atoms with Crippen LogP contribution in [0.1, 0.15) is 31.1 Å². The largest absolute Gasteiger partial charge is 0.394 e. The molecule has 8 heteroatoms. The molecule has 2 aromatic carbocycles. The summed E-state index contributed by atoms with van der Waals surface area (Å²) in [6.45, 7) is 6.06. The van der Waals surface area contributed by atoms with Crippen LogP contribution in [0.4, 0.5) is 5.69 Å². The smallest absolute Gasteiger partial charge is 0.261 e. The average Bonchev–Trinajstić information content (AvgIpc) is 3.10. The highest BCUT2D eigenvalue weighted by molar-refractivity contribution is 7.92. The lowest BCUT2D eigenvalue weighted by atomic mass is 10.1. The number of sulfonamides is 1. The summed E-state index contributed by atoms with van der Waals surface area (Å²) in [5.74, 6) is -0.343. The normalized spacial score (nSPS) is 12.1. The van der Waals surface area contributed by atoms with Crippen LogP contribution in [-0.2, 0) is 16.6 Å². The highest BCUT2D eigenvalue weighted by Gasteiger charge is 2.20. The molecule has 0 saturated carbocycles. The topological polar surface area (TPSA) is 100 Å². The van der Waals surface area contributed by atoms with E-state index in [9.17, 15) is 18.3 Å². The second-order valence-electron chi connectivity index (χ2n) is 7.50. The fourth-order valence-corrected chi connectivity index (χ4v) is 4.04. The summed E-state index contributed by atoms with van der Waals surface area (Å²) in [4.78, 5) is 12.4. The van der Waals surface area contributed by atoms with Gasteiger partial charge in [-0.3, -0.25) is 9.52 Å². The first kappa shape index (κ1) is 20.9. The summed E-state index contributed by atoms with van der Waals surface area (Å²) in [7, 11) is -3.76. The monoisotopic (exact) mass is 415 g/mol. The van der Waals surface area contributed by atoms with Gasteiger partial charge in [-0.25, -0.2) is 8.42 Å². The first-order chi connectivity index (χ1) is 13.6. The summed E-state index contributed by atoms with van der Waals surface area (Å²) in [5.41, 5.74) is 0.964. The van der Waals surface area contributed by atoms with Gasteiger partial charge in [-0.1, -0.05) is 0 Å². The number of nitrogens with one attached hydrogen (secondary N) is 2. The highest BCUT2D eigenvalue weighted by Crippen LogP contribution is 2.23. The maximum absolute atomic E-state index is 12.7. The molecule has 3 aromatic rings. The molecule has 0 unspecified atom stereocenters. The third-order valence-corrected chi connectivity index (χ3v) is 6.02. The maximum atomic E-state index is 12.7. The molecule has 0 saturated heterocycles. The zero-order valence-corrected chi connectivity index (χ0v) is 17.5. The molecule has 0 aliphatic rings. The van der Waals surface area contributed by atoms with E-state index in [4.69, 9.17) is 0 Å². The molecule has 1 heterocycles. The number of aromatic nitrogens is 1. The number of nitrogens with zero attached hydrogens (tertiary/aromatic N) is 1. The minimum atomic E-state index is -3.76. The Hall–Kier alpha value is -2.84. The number of hydrogen-bond donors (Lipinski definition) is 3. The molecule has 3 rings (SSSR count). The van der Waals surface area contributed by atoms with Gasteiger partial charge in [-0.15, -0.1) is 0 Å². The van der Waals surface area contributed by atoms with Crippen LogP contribution >= 0.6 is 0 Å². The third kappa shape index (κ3) is 4.60. The van der Waals surface area contributed by atoms with Crippen LogP contribution in [0.25, 0.3) is 10.9 Å². The number of anilines is 1. The van der Waals surface area contributed by atoms with Crippen LogP contribution in [0.15, 0.2) is 59.6 Å². The first-order valence-electron chi connectivity index (χ1n) is 9.30. The van der Waals surface area contributed by atoms with Crippen molar-refractivity contribution in [3.05, 3.63) is 60.3 Å². The lowest BCUT2D eigenvalue weighted by Crippen LogP contribution is -2.46. The molecule has 1 amide bonds. The fraction of sp³-hybridized carbons (Fsp3) is 0.286. The number of carbonyl (C=O) groups excluding carboxylic acids is 1. The lowest BCUT2D eigenvalue weighted by molar-refractivity contribution is 0.0869. The number of hydrogen-bond acceptors (Lipinski definition) is 4. The number of aliphatic hydroxyl groups excluding tert-OH is 1. The number of benzene rings is 2. The molecule has 0 radical (unpaired) electrons. The molecule has 7 nitrogen and oxygen atoms in total. The Labute approximate surface area is 170 Å². The van der Waals surface area contributed by atoms with Gasteiger partial charge in [-0.2, -0.15) is 0 Å². The fourth-order valence-electron chi connectivity index (χ4n) is 2.94. The van der Waals surface area contributed by atoms with E-state index >= 15 is 0 Å². The van der Waals surface area contributed by atoms with E-state index in [0.717, 1.165) is 17.4 Å². The van der Waals surface area contributed by atoms with Gasteiger partial charge >= 0.3 is 0 Å². The summed E-state index contributed by atoms with van der Waals surface area (Å²) in [6, 6.07) is 13.0. The second kappa shape index (κ2) is 7.88. The molecule has 1 aromatic heterocycles. The number of fused-ring (bicyclic) bond motifs is 1. The summed E-state index contributed by atoms with van der Waals surface area (Å²) in [6.07, 6.45) is 1.93. The molecule has 29 heavy (non-hydrogen) atoms. The predicted octanol–water partition coefficient (Wildman–Crippen LogP) is 2.96. The molecule has 0 atom stereocenters. The molecular weight excluding hydrogens is 390 g/mol. The van der Waals surface area contributed by atoms with E-state index in [1.54, 1.807) is 32.0 Å². The average molecular weight is 416 g/mol. The number of aryl methyl sites for hydroxylation is 1. The van der Waals surface area contributed by atoms with E-state index in [-0.39, 0.29) is 17.4 Å². The van der Waals surface area contributed by atoms with Crippen LogP contribution in [0.2, 0.25) is 0 Å². The van der Waals surface area contributed by atoms with Crippen molar-refractivity contribution in [3.63, 3.8) is 0 Å². The van der Waals surface area contributed by atoms with E-state index in [1.807, 2.05) is 23.8 Å². The van der Waals surface area contributed by atoms with Gasteiger partial charge in [0.05, 0.1) is 17.0 Å². The summed E-state index contributed by atoms with van der Waals surface area (Å²) >= 11 is 0. The number of rotatable bonds is 7. The van der Waals surface area contributed by atoms with Gasteiger partial charge in [0.1, 0.15) is 0 Å². The Kier molecular flexibility index (Phi) is 5.68. The van der Waals surface area contributed by atoms with Crippen molar-refractivity contribution in [3.8, 4) is 0 Å². The van der Waals surface area contributed by atoms with Crippen LogP contribution < -0.4 is 10.0 Å². The van der Waals surface area contributed by atoms with Crippen molar-refractivity contribution < 1.29 is 18.3 Å².